The van der Waals surface area contributed by atoms with Crippen LogP contribution in [0.1, 0.15) is 21.1 Å². The van der Waals surface area contributed by atoms with Gasteiger partial charge in [-0.25, -0.2) is 9.78 Å². The molecule has 0 bridgehead atoms. The van der Waals surface area contributed by atoms with Gasteiger partial charge in [-0.1, -0.05) is 29.3 Å². The van der Waals surface area contributed by atoms with Crippen molar-refractivity contribution in [3.63, 3.8) is 0 Å². The lowest BCUT2D eigenvalue weighted by atomic mass is 10.1. The predicted octanol–water partition coefficient (Wildman–Crippen LogP) is 3.83. The van der Waals surface area contributed by atoms with Crippen LogP contribution in [0.3, 0.4) is 0 Å². The molecule has 2 aromatic rings. The number of rotatable bonds is 3. The standard InChI is InChI=1S/C12H9Cl2NO2S/c1-17-12(16)10-6-18-11(15-10)5-7-8(13)3-2-4-9(7)14/h2-4,6H,5H2,1H3. The van der Waals surface area contributed by atoms with Crippen LogP contribution in [0.2, 0.25) is 10.0 Å². The van der Waals surface area contributed by atoms with Gasteiger partial charge in [0.05, 0.1) is 12.1 Å². The van der Waals surface area contributed by atoms with E-state index in [2.05, 4.69) is 9.72 Å². The van der Waals surface area contributed by atoms with E-state index in [1.165, 1.54) is 18.4 Å². The van der Waals surface area contributed by atoms with Gasteiger partial charge in [0.25, 0.3) is 0 Å². The number of esters is 1. The largest absolute Gasteiger partial charge is 0.464 e. The third-order valence-electron chi connectivity index (χ3n) is 2.34. The smallest absolute Gasteiger partial charge is 0.357 e. The van der Waals surface area contributed by atoms with Crippen LogP contribution in [0.15, 0.2) is 23.6 Å². The fourth-order valence-corrected chi connectivity index (χ4v) is 2.75. The maximum absolute atomic E-state index is 11.3. The van der Waals surface area contributed by atoms with Crippen LogP contribution >= 0.6 is 34.5 Å². The Labute approximate surface area is 118 Å². The van der Waals surface area contributed by atoms with Crippen molar-refractivity contribution < 1.29 is 9.53 Å². The van der Waals surface area contributed by atoms with E-state index in [1.807, 2.05) is 0 Å². The lowest BCUT2D eigenvalue weighted by Gasteiger charge is -2.04. The zero-order valence-corrected chi connectivity index (χ0v) is 11.8. The summed E-state index contributed by atoms with van der Waals surface area (Å²) in [5.74, 6) is -0.442. The highest BCUT2D eigenvalue weighted by Crippen LogP contribution is 2.27. The number of benzene rings is 1. The number of hydrogen-bond acceptors (Lipinski definition) is 4. The fourth-order valence-electron chi connectivity index (χ4n) is 1.44. The average Bonchev–Trinajstić information content (AvgIpc) is 2.81. The molecule has 0 aliphatic carbocycles. The molecular formula is C12H9Cl2NO2S. The highest BCUT2D eigenvalue weighted by atomic mass is 35.5. The van der Waals surface area contributed by atoms with E-state index in [0.717, 1.165) is 10.6 Å². The van der Waals surface area contributed by atoms with Gasteiger partial charge in [-0.05, 0) is 17.7 Å². The first-order valence-corrected chi connectivity index (χ1v) is 6.71. The molecule has 0 aliphatic heterocycles. The van der Waals surface area contributed by atoms with E-state index >= 15 is 0 Å². The molecule has 1 heterocycles. The van der Waals surface area contributed by atoms with Crippen LogP contribution < -0.4 is 0 Å². The van der Waals surface area contributed by atoms with Crippen molar-refractivity contribution in [2.75, 3.05) is 7.11 Å². The van der Waals surface area contributed by atoms with E-state index in [1.54, 1.807) is 23.6 Å². The van der Waals surface area contributed by atoms with Crippen LogP contribution in [-0.2, 0) is 11.2 Å². The Morgan fingerprint density at radius 3 is 2.67 bits per heavy atom. The van der Waals surface area contributed by atoms with Crippen molar-refractivity contribution in [3.05, 3.63) is 49.9 Å². The van der Waals surface area contributed by atoms with E-state index < -0.39 is 5.97 Å². The molecule has 0 aliphatic rings. The average molecular weight is 302 g/mol. The lowest BCUT2D eigenvalue weighted by Crippen LogP contribution is -2.01. The summed E-state index contributed by atoms with van der Waals surface area (Å²) in [5.41, 5.74) is 1.12. The van der Waals surface area contributed by atoms with Crippen LogP contribution in [-0.4, -0.2) is 18.1 Å². The maximum Gasteiger partial charge on any atom is 0.357 e. The Kier molecular flexibility index (Phi) is 4.22. The summed E-state index contributed by atoms with van der Waals surface area (Å²) in [6.07, 6.45) is 0.500. The summed E-state index contributed by atoms with van der Waals surface area (Å²) in [6, 6.07) is 5.34. The third-order valence-corrected chi connectivity index (χ3v) is 3.89. The first-order valence-electron chi connectivity index (χ1n) is 5.07. The van der Waals surface area contributed by atoms with E-state index in [-0.39, 0.29) is 0 Å². The van der Waals surface area contributed by atoms with Gasteiger partial charge in [0.1, 0.15) is 0 Å². The maximum atomic E-state index is 11.3. The molecule has 0 radical (unpaired) electrons. The summed E-state index contributed by atoms with van der Waals surface area (Å²) in [4.78, 5) is 15.5. The molecule has 2 rings (SSSR count). The topological polar surface area (TPSA) is 39.2 Å². The number of carbonyl (C=O) groups is 1. The van der Waals surface area contributed by atoms with Gasteiger partial charge in [-0.2, -0.15) is 0 Å². The first kappa shape index (κ1) is 13.3. The zero-order chi connectivity index (χ0) is 13.1. The first-order chi connectivity index (χ1) is 8.61. The molecule has 0 spiro atoms. The summed E-state index contributed by atoms with van der Waals surface area (Å²) < 4.78 is 4.60. The van der Waals surface area contributed by atoms with Crippen LogP contribution in [0.25, 0.3) is 0 Å². The Balaban J connectivity index is 2.24. The van der Waals surface area contributed by atoms with E-state index in [4.69, 9.17) is 23.2 Å². The van der Waals surface area contributed by atoms with Gasteiger partial charge in [0.2, 0.25) is 0 Å². The third kappa shape index (κ3) is 2.83. The molecule has 0 fully saturated rings. The number of ether oxygens (including phenoxy) is 1. The van der Waals surface area contributed by atoms with Crippen molar-refractivity contribution in [2.24, 2.45) is 0 Å². The molecule has 6 heteroatoms. The summed E-state index contributed by atoms with van der Waals surface area (Å²) >= 11 is 13.5. The molecule has 3 nitrogen and oxygen atoms in total. The Bertz CT molecular complexity index is 563. The minimum Gasteiger partial charge on any atom is -0.464 e. The number of halogens is 2. The van der Waals surface area contributed by atoms with Crippen LogP contribution in [0, 0.1) is 0 Å². The van der Waals surface area contributed by atoms with Gasteiger partial charge in [0, 0.05) is 21.8 Å². The number of methoxy groups -OCH3 is 1. The molecule has 0 amide bonds. The quantitative estimate of drug-likeness (QED) is 0.809. The molecule has 0 saturated carbocycles. The van der Waals surface area contributed by atoms with Gasteiger partial charge >= 0.3 is 5.97 Å². The zero-order valence-electron chi connectivity index (χ0n) is 9.44. The van der Waals surface area contributed by atoms with E-state index in [9.17, 15) is 4.79 Å². The molecule has 1 aromatic carbocycles. The summed E-state index contributed by atoms with van der Waals surface area (Å²) in [7, 11) is 1.33. The molecule has 0 atom stereocenters. The second-order valence-electron chi connectivity index (χ2n) is 3.50. The van der Waals surface area contributed by atoms with Crippen LogP contribution in [0.5, 0.6) is 0 Å². The molecular weight excluding hydrogens is 293 g/mol. The predicted molar refractivity (Wildman–Crippen MR) is 72.7 cm³/mol. The highest BCUT2D eigenvalue weighted by Gasteiger charge is 2.13. The van der Waals surface area contributed by atoms with Crippen molar-refractivity contribution >= 4 is 40.5 Å². The summed E-state index contributed by atoms with van der Waals surface area (Å²) in [5, 5.41) is 3.62. The number of aromatic nitrogens is 1. The number of carbonyl (C=O) groups excluding carboxylic acids is 1. The normalized spacial score (nSPS) is 10.4. The minimum absolute atomic E-state index is 0.306. The number of nitrogens with zero attached hydrogens (tertiary/aromatic N) is 1. The minimum atomic E-state index is -0.442. The molecule has 94 valence electrons. The Morgan fingerprint density at radius 1 is 1.39 bits per heavy atom. The Hall–Kier alpha value is -1.10. The number of thiazole rings is 1. The second-order valence-corrected chi connectivity index (χ2v) is 5.25. The SMILES string of the molecule is COC(=O)c1csc(Cc2c(Cl)cccc2Cl)n1. The Morgan fingerprint density at radius 2 is 2.06 bits per heavy atom. The monoisotopic (exact) mass is 301 g/mol. The second kappa shape index (κ2) is 5.69. The number of hydrogen-bond donors (Lipinski definition) is 0. The molecule has 0 saturated heterocycles. The van der Waals surface area contributed by atoms with Gasteiger partial charge in [-0.3, -0.25) is 0 Å². The van der Waals surface area contributed by atoms with Crippen molar-refractivity contribution in [2.45, 2.75) is 6.42 Å². The molecule has 18 heavy (non-hydrogen) atoms. The van der Waals surface area contributed by atoms with Crippen molar-refractivity contribution in [3.8, 4) is 0 Å². The van der Waals surface area contributed by atoms with E-state index in [0.29, 0.717) is 22.2 Å². The van der Waals surface area contributed by atoms with Crippen molar-refractivity contribution in [1.82, 2.24) is 4.98 Å². The van der Waals surface area contributed by atoms with Crippen molar-refractivity contribution in [1.29, 1.82) is 0 Å². The van der Waals surface area contributed by atoms with Gasteiger partial charge in [-0.15, -0.1) is 11.3 Å². The molecule has 0 N–H and O–H groups in total. The summed E-state index contributed by atoms with van der Waals surface area (Å²) in [6.45, 7) is 0. The van der Waals surface area contributed by atoms with Gasteiger partial charge in [0.15, 0.2) is 5.69 Å². The van der Waals surface area contributed by atoms with Gasteiger partial charge < -0.3 is 4.74 Å². The van der Waals surface area contributed by atoms with Crippen LogP contribution in [0.4, 0.5) is 0 Å². The highest BCUT2D eigenvalue weighted by molar-refractivity contribution is 7.09. The fraction of sp³-hybridized carbons (Fsp3) is 0.167. The molecule has 1 aromatic heterocycles. The molecule has 0 unspecified atom stereocenters. The lowest BCUT2D eigenvalue weighted by molar-refractivity contribution is 0.0595.